The minimum atomic E-state index is -1.12. The number of amides is 2. The molecule has 2 aromatic rings. The third-order valence-corrected chi connectivity index (χ3v) is 4.44. The second kappa shape index (κ2) is 6.60. The highest BCUT2D eigenvalue weighted by Gasteiger charge is 2.27. The number of aliphatic hydroxyl groups is 1. The van der Waals surface area contributed by atoms with Crippen LogP contribution in [0.15, 0.2) is 30.3 Å². The summed E-state index contributed by atoms with van der Waals surface area (Å²) in [5, 5.41) is 24.5. The molecule has 7 heteroatoms. The molecule has 0 saturated carbocycles. The second-order valence-electron chi connectivity index (χ2n) is 6.42. The molecule has 2 unspecified atom stereocenters. The summed E-state index contributed by atoms with van der Waals surface area (Å²) >= 11 is 0. The first kappa shape index (κ1) is 16.4. The Morgan fingerprint density at radius 2 is 2.12 bits per heavy atom. The second-order valence-corrected chi connectivity index (χ2v) is 6.42. The van der Waals surface area contributed by atoms with Crippen molar-refractivity contribution >= 4 is 6.03 Å². The van der Waals surface area contributed by atoms with Crippen LogP contribution in [0.1, 0.15) is 43.0 Å². The largest absolute Gasteiger partial charge is 0.384 e. The quantitative estimate of drug-likeness (QED) is 0.795. The van der Waals surface area contributed by atoms with Crippen molar-refractivity contribution in [2.24, 2.45) is 0 Å². The molecule has 0 bridgehead atoms. The molecule has 7 nitrogen and oxygen atoms in total. The first-order valence-corrected chi connectivity index (χ1v) is 8.19. The van der Waals surface area contributed by atoms with Crippen LogP contribution in [0.4, 0.5) is 4.79 Å². The zero-order valence-corrected chi connectivity index (χ0v) is 14.0. The van der Waals surface area contributed by atoms with Gasteiger partial charge in [-0.25, -0.2) is 4.79 Å². The summed E-state index contributed by atoms with van der Waals surface area (Å²) in [5.74, 6) is 1.66. The number of aromatic nitrogens is 3. The lowest BCUT2D eigenvalue weighted by molar-refractivity contribution is 0.0592. The Hall–Kier alpha value is -2.41. The van der Waals surface area contributed by atoms with Crippen LogP contribution in [0.2, 0.25) is 0 Å². The Balaban J connectivity index is 1.59. The van der Waals surface area contributed by atoms with E-state index in [0.29, 0.717) is 0 Å². The molecule has 2 heterocycles. The number of hydrogen-bond acceptors (Lipinski definition) is 4. The van der Waals surface area contributed by atoms with E-state index in [2.05, 4.69) is 20.8 Å². The van der Waals surface area contributed by atoms with Crippen LogP contribution in [-0.2, 0) is 12.1 Å². The van der Waals surface area contributed by atoms with Crippen molar-refractivity contribution in [1.29, 1.82) is 0 Å². The fraction of sp³-hybridized carbons (Fsp3) is 0.471. The van der Waals surface area contributed by atoms with E-state index < -0.39 is 5.60 Å². The van der Waals surface area contributed by atoms with Gasteiger partial charge in [-0.15, -0.1) is 10.2 Å². The molecule has 1 aliphatic heterocycles. The molecule has 0 radical (unpaired) electrons. The highest BCUT2D eigenvalue weighted by Crippen LogP contribution is 2.24. The summed E-state index contributed by atoms with van der Waals surface area (Å²) in [7, 11) is 0. The molecular formula is C17H23N5O2. The lowest BCUT2D eigenvalue weighted by Crippen LogP contribution is -2.45. The number of fused-ring (bicyclic) bond motifs is 1. The molecule has 0 spiro atoms. The summed E-state index contributed by atoms with van der Waals surface area (Å²) in [6, 6.07) is 8.83. The zero-order valence-electron chi connectivity index (χ0n) is 14.0. The highest BCUT2D eigenvalue weighted by atomic mass is 16.3. The SMILES string of the molecule is Cc1nnc2n1CCCC2NC(=O)NCC(C)(O)c1ccccc1. The third-order valence-electron chi connectivity index (χ3n) is 4.44. The van der Waals surface area contributed by atoms with E-state index in [1.165, 1.54) is 0 Å². The maximum absolute atomic E-state index is 12.2. The summed E-state index contributed by atoms with van der Waals surface area (Å²) in [4.78, 5) is 12.2. The average molecular weight is 329 g/mol. The number of carbonyl (C=O) groups excluding carboxylic acids is 1. The Kier molecular flexibility index (Phi) is 4.53. The maximum Gasteiger partial charge on any atom is 0.315 e. The van der Waals surface area contributed by atoms with E-state index in [1.54, 1.807) is 6.92 Å². The molecule has 128 valence electrons. The minimum Gasteiger partial charge on any atom is -0.384 e. The molecule has 0 fully saturated rings. The molecule has 24 heavy (non-hydrogen) atoms. The van der Waals surface area contributed by atoms with Gasteiger partial charge in [-0.2, -0.15) is 0 Å². The highest BCUT2D eigenvalue weighted by molar-refractivity contribution is 5.74. The summed E-state index contributed by atoms with van der Waals surface area (Å²) in [6.07, 6.45) is 1.80. The van der Waals surface area contributed by atoms with Gasteiger partial charge in [-0.3, -0.25) is 0 Å². The predicted octanol–water partition coefficient (Wildman–Crippen LogP) is 1.63. The summed E-state index contributed by atoms with van der Waals surface area (Å²) < 4.78 is 2.04. The van der Waals surface area contributed by atoms with E-state index in [0.717, 1.165) is 36.6 Å². The Morgan fingerprint density at radius 3 is 2.88 bits per heavy atom. The monoisotopic (exact) mass is 329 g/mol. The van der Waals surface area contributed by atoms with Gasteiger partial charge in [0.05, 0.1) is 12.6 Å². The topological polar surface area (TPSA) is 92.1 Å². The number of carbonyl (C=O) groups is 1. The van der Waals surface area contributed by atoms with Crippen LogP contribution in [0.25, 0.3) is 0 Å². The number of nitrogens with zero attached hydrogens (tertiary/aromatic N) is 3. The van der Waals surface area contributed by atoms with Crippen molar-refractivity contribution in [3.8, 4) is 0 Å². The molecule has 1 aromatic carbocycles. The van der Waals surface area contributed by atoms with Crippen molar-refractivity contribution in [1.82, 2.24) is 25.4 Å². The van der Waals surface area contributed by atoms with Gasteiger partial charge in [-0.05, 0) is 32.3 Å². The molecule has 2 amide bonds. The molecule has 0 saturated heterocycles. The fourth-order valence-corrected chi connectivity index (χ4v) is 3.01. The van der Waals surface area contributed by atoms with E-state index in [-0.39, 0.29) is 18.6 Å². The number of rotatable bonds is 4. The van der Waals surface area contributed by atoms with Gasteiger partial charge in [0.15, 0.2) is 5.82 Å². The van der Waals surface area contributed by atoms with Gasteiger partial charge in [0.2, 0.25) is 0 Å². The number of aryl methyl sites for hydroxylation is 1. The van der Waals surface area contributed by atoms with Gasteiger partial charge in [0.25, 0.3) is 0 Å². The van der Waals surface area contributed by atoms with Gasteiger partial charge in [0, 0.05) is 6.54 Å². The minimum absolute atomic E-state index is 0.126. The maximum atomic E-state index is 12.2. The molecule has 1 aliphatic rings. The van der Waals surface area contributed by atoms with Crippen LogP contribution in [0.5, 0.6) is 0 Å². The van der Waals surface area contributed by atoms with Crippen molar-refractivity contribution in [3.05, 3.63) is 47.5 Å². The molecule has 2 atom stereocenters. The van der Waals surface area contributed by atoms with E-state index >= 15 is 0 Å². The van der Waals surface area contributed by atoms with Crippen molar-refractivity contribution in [2.75, 3.05) is 6.54 Å². The van der Waals surface area contributed by atoms with Gasteiger partial charge in [0.1, 0.15) is 11.4 Å². The van der Waals surface area contributed by atoms with Crippen LogP contribution in [-0.4, -0.2) is 32.4 Å². The lowest BCUT2D eigenvalue weighted by atomic mass is 9.96. The van der Waals surface area contributed by atoms with E-state index in [1.807, 2.05) is 41.8 Å². The molecular weight excluding hydrogens is 306 g/mol. The molecule has 3 rings (SSSR count). The normalized spacial score (nSPS) is 19.2. The molecule has 3 N–H and O–H groups in total. The predicted molar refractivity (Wildman–Crippen MR) is 89.3 cm³/mol. The van der Waals surface area contributed by atoms with Gasteiger partial charge < -0.3 is 20.3 Å². The van der Waals surface area contributed by atoms with Crippen molar-refractivity contribution in [3.63, 3.8) is 0 Å². The van der Waals surface area contributed by atoms with Gasteiger partial charge >= 0.3 is 6.03 Å². The van der Waals surface area contributed by atoms with Crippen LogP contribution in [0, 0.1) is 6.92 Å². The molecule has 0 aliphatic carbocycles. The number of urea groups is 1. The van der Waals surface area contributed by atoms with E-state index in [4.69, 9.17) is 0 Å². The van der Waals surface area contributed by atoms with Crippen LogP contribution in [0.3, 0.4) is 0 Å². The standard InChI is InChI=1S/C17H23N5O2/c1-12-20-21-15-14(9-6-10-22(12)15)19-16(23)18-11-17(2,24)13-7-4-3-5-8-13/h3-5,7-8,14,24H,6,9-11H2,1-2H3,(H2,18,19,23). The zero-order chi connectivity index (χ0) is 17.2. The molecule has 1 aromatic heterocycles. The number of benzene rings is 1. The van der Waals surface area contributed by atoms with Crippen LogP contribution >= 0.6 is 0 Å². The first-order chi connectivity index (χ1) is 11.5. The van der Waals surface area contributed by atoms with E-state index in [9.17, 15) is 9.90 Å². The number of nitrogens with one attached hydrogen (secondary N) is 2. The Morgan fingerprint density at radius 1 is 1.38 bits per heavy atom. The number of hydrogen-bond donors (Lipinski definition) is 3. The van der Waals surface area contributed by atoms with Gasteiger partial charge in [-0.1, -0.05) is 30.3 Å². The Bertz CT molecular complexity index is 711. The summed E-state index contributed by atoms with van der Waals surface area (Å²) in [6.45, 7) is 4.61. The lowest BCUT2D eigenvalue weighted by Gasteiger charge is -2.27. The van der Waals surface area contributed by atoms with Crippen LogP contribution < -0.4 is 10.6 Å². The van der Waals surface area contributed by atoms with Crippen molar-refractivity contribution < 1.29 is 9.90 Å². The smallest absolute Gasteiger partial charge is 0.315 e. The first-order valence-electron chi connectivity index (χ1n) is 8.19. The average Bonchev–Trinajstić information content (AvgIpc) is 2.97. The Labute approximate surface area is 141 Å². The fourth-order valence-electron chi connectivity index (χ4n) is 3.01. The third kappa shape index (κ3) is 3.41. The van der Waals surface area contributed by atoms with Crippen molar-refractivity contribution in [2.45, 2.75) is 44.9 Å². The summed E-state index contributed by atoms with van der Waals surface area (Å²) in [5.41, 5.74) is -0.361.